The van der Waals surface area contributed by atoms with Gasteiger partial charge in [0.25, 0.3) is 0 Å². The lowest BCUT2D eigenvalue weighted by molar-refractivity contribution is -0.107. The number of nitrogens with two attached hydrogens (primary N) is 1. The van der Waals surface area contributed by atoms with Crippen LogP contribution in [0.2, 0.25) is 0 Å². The van der Waals surface area contributed by atoms with Crippen LogP contribution in [-0.4, -0.2) is 49.5 Å². The molecule has 0 atom stereocenters. The van der Waals surface area contributed by atoms with E-state index >= 15 is 0 Å². The number of hydrogen-bond donors (Lipinski definition) is 1. The van der Waals surface area contributed by atoms with Crippen LogP contribution in [0.4, 0.5) is 18.9 Å². The second kappa shape index (κ2) is 7.79. The molecule has 2 aliphatic rings. The summed E-state index contributed by atoms with van der Waals surface area (Å²) in [6.45, 7) is 3.34. The second-order valence-corrected chi connectivity index (χ2v) is 6.28. The van der Waals surface area contributed by atoms with Gasteiger partial charge in [-0.25, -0.2) is 13.2 Å². The Hall–Kier alpha value is -1.19. The Bertz CT molecular complexity index is 563. The van der Waals surface area contributed by atoms with Crippen molar-refractivity contribution in [3.8, 4) is 0 Å². The molecular formula is C16H22F3IN4. The number of alkyl halides is 2. The van der Waals surface area contributed by atoms with Gasteiger partial charge in [-0.3, -0.25) is 4.99 Å². The molecule has 1 heterocycles. The summed E-state index contributed by atoms with van der Waals surface area (Å²) < 4.78 is 38.5. The lowest BCUT2D eigenvalue weighted by atomic mass is 9.81. The summed E-state index contributed by atoms with van der Waals surface area (Å²) in [7, 11) is 0. The lowest BCUT2D eigenvalue weighted by Crippen LogP contribution is -2.51. The number of rotatable bonds is 3. The minimum atomic E-state index is -2.50. The van der Waals surface area contributed by atoms with Crippen LogP contribution in [0.25, 0.3) is 0 Å². The molecule has 8 heteroatoms. The normalized spacial score (nSPS) is 21.2. The predicted octanol–water partition coefficient (Wildman–Crippen LogP) is 2.93. The average molecular weight is 454 g/mol. The molecule has 0 unspecified atom stereocenters. The van der Waals surface area contributed by atoms with Crippen molar-refractivity contribution in [2.24, 2.45) is 16.6 Å². The van der Waals surface area contributed by atoms with Crippen LogP contribution in [0.3, 0.4) is 0 Å². The zero-order chi connectivity index (χ0) is 16.4. The van der Waals surface area contributed by atoms with Crippen molar-refractivity contribution in [2.75, 3.05) is 37.6 Å². The van der Waals surface area contributed by atoms with E-state index in [2.05, 4.69) is 9.89 Å². The number of benzene rings is 1. The molecule has 4 nitrogen and oxygen atoms in total. The topological polar surface area (TPSA) is 44.9 Å². The standard InChI is InChI=1S/C16H21F3N4.HI/c17-13-1-3-14(4-2-13)22-5-7-23(8-6-22)15(20)21-11-12-9-16(18,19)10-12;/h1-4,12H,5-11H2,(H2,20,21);1H. The maximum Gasteiger partial charge on any atom is 0.248 e. The highest BCUT2D eigenvalue weighted by molar-refractivity contribution is 14.0. The van der Waals surface area contributed by atoms with Gasteiger partial charge in [-0.15, -0.1) is 24.0 Å². The van der Waals surface area contributed by atoms with Gasteiger partial charge < -0.3 is 15.5 Å². The summed E-state index contributed by atoms with van der Waals surface area (Å²) in [6, 6.07) is 6.43. The summed E-state index contributed by atoms with van der Waals surface area (Å²) in [5.41, 5.74) is 6.95. The fourth-order valence-corrected chi connectivity index (χ4v) is 3.08. The van der Waals surface area contributed by atoms with Gasteiger partial charge in [-0.2, -0.15) is 0 Å². The quantitative estimate of drug-likeness (QED) is 0.434. The van der Waals surface area contributed by atoms with Crippen LogP contribution in [0.5, 0.6) is 0 Å². The highest BCUT2D eigenvalue weighted by Crippen LogP contribution is 2.42. The van der Waals surface area contributed by atoms with E-state index in [1.807, 2.05) is 4.90 Å². The third-order valence-corrected chi connectivity index (χ3v) is 4.48. The number of halogens is 4. The Morgan fingerprint density at radius 2 is 1.71 bits per heavy atom. The van der Waals surface area contributed by atoms with E-state index in [0.29, 0.717) is 25.6 Å². The first-order valence-electron chi connectivity index (χ1n) is 7.86. The maximum atomic E-state index is 12.9. The van der Waals surface area contributed by atoms with Gasteiger partial charge in [0, 0.05) is 51.3 Å². The van der Waals surface area contributed by atoms with Gasteiger partial charge in [0.15, 0.2) is 5.96 Å². The van der Waals surface area contributed by atoms with Crippen LogP contribution < -0.4 is 10.6 Å². The zero-order valence-electron chi connectivity index (χ0n) is 13.3. The van der Waals surface area contributed by atoms with Crippen molar-refractivity contribution < 1.29 is 13.2 Å². The van der Waals surface area contributed by atoms with E-state index in [-0.39, 0.29) is 48.6 Å². The number of anilines is 1. The Labute approximate surface area is 156 Å². The van der Waals surface area contributed by atoms with Crippen molar-refractivity contribution in [1.82, 2.24) is 4.90 Å². The first-order chi connectivity index (χ1) is 10.9. The summed E-state index contributed by atoms with van der Waals surface area (Å²) >= 11 is 0. The lowest BCUT2D eigenvalue weighted by Gasteiger charge is -2.37. The third kappa shape index (κ3) is 4.67. The van der Waals surface area contributed by atoms with Crippen molar-refractivity contribution in [2.45, 2.75) is 18.8 Å². The highest BCUT2D eigenvalue weighted by atomic mass is 127. The van der Waals surface area contributed by atoms with Gasteiger partial charge in [-0.05, 0) is 30.2 Å². The van der Waals surface area contributed by atoms with E-state index in [1.54, 1.807) is 12.1 Å². The number of piperazine rings is 1. The molecule has 134 valence electrons. The van der Waals surface area contributed by atoms with Crippen molar-refractivity contribution in [3.63, 3.8) is 0 Å². The SMILES string of the molecule is I.NC(=NCC1CC(F)(F)C1)N1CCN(c2ccc(F)cc2)CC1. The summed E-state index contributed by atoms with van der Waals surface area (Å²) in [5, 5.41) is 0. The largest absolute Gasteiger partial charge is 0.370 e. The van der Waals surface area contributed by atoms with E-state index in [1.165, 1.54) is 12.1 Å². The van der Waals surface area contributed by atoms with E-state index < -0.39 is 5.92 Å². The second-order valence-electron chi connectivity index (χ2n) is 6.28. The number of aliphatic imine (C=N–C) groups is 1. The molecule has 0 spiro atoms. The molecule has 3 rings (SSSR count). The van der Waals surface area contributed by atoms with Crippen LogP contribution in [0.15, 0.2) is 29.3 Å². The molecule has 1 saturated heterocycles. The molecule has 1 aromatic rings. The molecule has 0 aromatic heterocycles. The first kappa shape index (κ1) is 19.1. The minimum Gasteiger partial charge on any atom is -0.370 e. The van der Waals surface area contributed by atoms with Crippen molar-refractivity contribution in [1.29, 1.82) is 0 Å². The van der Waals surface area contributed by atoms with Crippen LogP contribution in [-0.2, 0) is 0 Å². The molecular weight excluding hydrogens is 432 g/mol. The predicted molar refractivity (Wildman–Crippen MR) is 99.8 cm³/mol. The van der Waals surface area contributed by atoms with E-state index in [9.17, 15) is 13.2 Å². The number of guanidine groups is 1. The number of nitrogens with zero attached hydrogens (tertiary/aromatic N) is 3. The van der Waals surface area contributed by atoms with E-state index in [0.717, 1.165) is 18.8 Å². The smallest absolute Gasteiger partial charge is 0.248 e. The summed E-state index contributed by atoms with van der Waals surface area (Å²) in [4.78, 5) is 8.40. The van der Waals surface area contributed by atoms with E-state index in [4.69, 9.17) is 5.73 Å². The molecule has 1 aliphatic carbocycles. The molecule has 0 bridgehead atoms. The van der Waals surface area contributed by atoms with Gasteiger partial charge in [0.1, 0.15) is 5.82 Å². The molecule has 0 amide bonds. The van der Waals surface area contributed by atoms with Gasteiger partial charge in [0.05, 0.1) is 0 Å². The fourth-order valence-electron chi connectivity index (χ4n) is 3.08. The van der Waals surface area contributed by atoms with Gasteiger partial charge >= 0.3 is 0 Å². The molecule has 1 aromatic carbocycles. The molecule has 1 aliphatic heterocycles. The fraction of sp³-hybridized carbons (Fsp3) is 0.562. The van der Waals surface area contributed by atoms with Gasteiger partial charge in [0.2, 0.25) is 5.92 Å². The monoisotopic (exact) mass is 454 g/mol. The summed E-state index contributed by atoms with van der Waals surface area (Å²) in [6.07, 6.45) is -0.162. The first-order valence-corrected chi connectivity index (χ1v) is 7.86. The Balaban J connectivity index is 0.00000208. The van der Waals surface area contributed by atoms with Crippen LogP contribution in [0.1, 0.15) is 12.8 Å². The van der Waals surface area contributed by atoms with Gasteiger partial charge in [-0.1, -0.05) is 0 Å². The molecule has 1 saturated carbocycles. The highest BCUT2D eigenvalue weighted by Gasteiger charge is 2.44. The Kier molecular flexibility index (Phi) is 6.22. The average Bonchev–Trinajstić information content (AvgIpc) is 2.51. The molecule has 2 fully saturated rings. The maximum absolute atomic E-state index is 12.9. The third-order valence-electron chi connectivity index (χ3n) is 4.48. The van der Waals surface area contributed by atoms with Crippen molar-refractivity contribution in [3.05, 3.63) is 30.1 Å². The Morgan fingerprint density at radius 1 is 1.12 bits per heavy atom. The molecule has 0 radical (unpaired) electrons. The Morgan fingerprint density at radius 3 is 2.25 bits per heavy atom. The van der Waals surface area contributed by atoms with Crippen molar-refractivity contribution >= 4 is 35.6 Å². The molecule has 2 N–H and O–H groups in total. The van der Waals surface area contributed by atoms with Crippen LogP contribution >= 0.6 is 24.0 Å². The minimum absolute atomic E-state index is 0. The zero-order valence-corrected chi connectivity index (χ0v) is 15.6. The van der Waals surface area contributed by atoms with Crippen LogP contribution in [0, 0.1) is 11.7 Å². The molecule has 24 heavy (non-hydrogen) atoms. The number of hydrogen-bond acceptors (Lipinski definition) is 2. The summed E-state index contributed by atoms with van der Waals surface area (Å²) in [5.74, 6) is -2.37.